The summed E-state index contributed by atoms with van der Waals surface area (Å²) in [5, 5.41) is 7.80. The van der Waals surface area contributed by atoms with Gasteiger partial charge in [-0.15, -0.1) is 0 Å². The molecule has 84 valence electrons. The van der Waals surface area contributed by atoms with E-state index in [0.29, 0.717) is 27.1 Å². The quantitative estimate of drug-likeness (QED) is 0.813. The fourth-order valence-corrected chi connectivity index (χ4v) is 1.84. The van der Waals surface area contributed by atoms with E-state index < -0.39 is 0 Å². The zero-order chi connectivity index (χ0) is 11.7. The summed E-state index contributed by atoms with van der Waals surface area (Å²) in [6, 6.07) is 3.29. The average Bonchev–Trinajstić information content (AvgIpc) is 2.71. The van der Waals surface area contributed by atoms with Crippen molar-refractivity contribution in [3.8, 4) is 11.4 Å². The third-order valence-corrected chi connectivity index (χ3v) is 2.73. The number of benzene rings is 1. The second-order valence-electron chi connectivity index (χ2n) is 3.31. The first-order valence-corrected chi connectivity index (χ1v) is 5.53. The smallest absolute Gasteiger partial charge is 0.183 e. The van der Waals surface area contributed by atoms with Crippen LogP contribution < -0.4 is 5.73 Å². The van der Waals surface area contributed by atoms with Crippen molar-refractivity contribution in [2.45, 2.75) is 13.3 Å². The van der Waals surface area contributed by atoms with Gasteiger partial charge in [-0.1, -0.05) is 30.1 Å². The number of H-pyrrole nitrogens is 1. The molecule has 0 aliphatic heterocycles. The molecule has 0 spiro atoms. The van der Waals surface area contributed by atoms with Gasteiger partial charge in [0.15, 0.2) is 5.82 Å². The minimum atomic E-state index is 0.408. The van der Waals surface area contributed by atoms with Crippen molar-refractivity contribution in [2.24, 2.45) is 0 Å². The summed E-state index contributed by atoms with van der Waals surface area (Å²) >= 11 is 11.8. The highest BCUT2D eigenvalue weighted by molar-refractivity contribution is 6.37. The number of hydrogen-bond donors (Lipinski definition) is 2. The molecule has 0 radical (unpaired) electrons. The molecule has 16 heavy (non-hydrogen) atoms. The predicted molar refractivity (Wildman–Crippen MR) is 65.6 cm³/mol. The second kappa shape index (κ2) is 4.31. The second-order valence-corrected chi connectivity index (χ2v) is 4.15. The summed E-state index contributed by atoms with van der Waals surface area (Å²) in [7, 11) is 0. The van der Waals surface area contributed by atoms with E-state index in [0.717, 1.165) is 12.2 Å². The van der Waals surface area contributed by atoms with Gasteiger partial charge in [0.25, 0.3) is 0 Å². The van der Waals surface area contributed by atoms with Crippen LogP contribution in [0.1, 0.15) is 12.7 Å². The summed E-state index contributed by atoms with van der Waals surface area (Å²) < 4.78 is 0. The maximum absolute atomic E-state index is 5.93. The minimum absolute atomic E-state index is 0.408. The molecule has 0 amide bonds. The van der Waals surface area contributed by atoms with Gasteiger partial charge in [0.2, 0.25) is 0 Å². The van der Waals surface area contributed by atoms with Gasteiger partial charge in [-0.05, 0) is 12.1 Å². The Hall–Kier alpha value is -1.26. The number of aromatic nitrogens is 3. The molecule has 1 aromatic heterocycles. The summed E-state index contributed by atoms with van der Waals surface area (Å²) in [6.45, 7) is 1.98. The summed E-state index contributed by atoms with van der Waals surface area (Å²) in [5.74, 6) is 1.31. The SMILES string of the molecule is CCc1nc(-c2cc(Cl)cc(Cl)c2N)n[nH]1. The first-order valence-electron chi connectivity index (χ1n) is 4.78. The van der Waals surface area contributed by atoms with E-state index in [1.807, 2.05) is 6.92 Å². The number of halogens is 2. The molecular formula is C10H10Cl2N4. The lowest BCUT2D eigenvalue weighted by molar-refractivity contribution is 0.946. The van der Waals surface area contributed by atoms with Crippen molar-refractivity contribution in [1.29, 1.82) is 0 Å². The fraction of sp³-hybridized carbons (Fsp3) is 0.200. The first-order chi connectivity index (χ1) is 7.61. The van der Waals surface area contributed by atoms with Crippen molar-refractivity contribution in [3.63, 3.8) is 0 Å². The van der Waals surface area contributed by atoms with Crippen LogP contribution in [-0.2, 0) is 6.42 Å². The Kier molecular flexibility index (Phi) is 3.03. The van der Waals surface area contributed by atoms with Crippen LogP contribution in [0.4, 0.5) is 5.69 Å². The Morgan fingerprint density at radius 2 is 2.12 bits per heavy atom. The van der Waals surface area contributed by atoms with E-state index in [-0.39, 0.29) is 0 Å². The summed E-state index contributed by atoms with van der Waals surface area (Å²) in [5.41, 5.74) is 6.93. The topological polar surface area (TPSA) is 67.6 Å². The van der Waals surface area contributed by atoms with Gasteiger partial charge in [0.1, 0.15) is 5.82 Å². The molecule has 0 fully saturated rings. The van der Waals surface area contributed by atoms with Gasteiger partial charge < -0.3 is 5.73 Å². The van der Waals surface area contributed by atoms with Gasteiger partial charge in [-0.3, -0.25) is 5.10 Å². The number of aryl methyl sites for hydroxylation is 1. The molecule has 3 N–H and O–H groups in total. The molecule has 0 saturated heterocycles. The van der Waals surface area contributed by atoms with E-state index in [1.54, 1.807) is 12.1 Å². The molecule has 2 aromatic rings. The lowest BCUT2D eigenvalue weighted by Crippen LogP contribution is -1.93. The molecule has 0 atom stereocenters. The van der Waals surface area contributed by atoms with E-state index in [4.69, 9.17) is 28.9 Å². The highest BCUT2D eigenvalue weighted by atomic mass is 35.5. The Balaban J connectivity index is 2.54. The zero-order valence-corrected chi connectivity index (χ0v) is 10.1. The maximum Gasteiger partial charge on any atom is 0.183 e. The van der Waals surface area contributed by atoms with Crippen LogP contribution in [0.2, 0.25) is 10.0 Å². The van der Waals surface area contributed by atoms with Crippen LogP contribution in [0.5, 0.6) is 0 Å². The lowest BCUT2D eigenvalue weighted by Gasteiger charge is -2.04. The normalized spacial score (nSPS) is 10.7. The number of nitrogens with zero attached hydrogens (tertiary/aromatic N) is 2. The van der Waals surface area contributed by atoms with Crippen molar-refractivity contribution in [2.75, 3.05) is 5.73 Å². The number of anilines is 1. The average molecular weight is 257 g/mol. The lowest BCUT2D eigenvalue weighted by atomic mass is 10.1. The largest absolute Gasteiger partial charge is 0.397 e. The highest BCUT2D eigenvalue weighted by Crippen LogP contribution is 2.32. The van der Waals surface area contributed by atoms with E-state index in [9.17, 15) is 0 Å². The third-order valence-electron chi connectivity index (χ3n) is 2.20. The van der Waals surface area contributed by atoms with Gasteiger partial charge in [-0.25, -0.2) is 4.98 Å². The highest BCUT2D eigenvalue weighted by Gasteiger charge is 2.12. The van der Waals surface area contributed by atoms with Crippen LogP contribution in [0.25, 0.3) is 11.4 Å². The first kappa shape index (κ1) is 11.2. The molecule has 1 aromatic carbocycles. The van der Waals surface area contributed by atoms with Crippen LogP contribution in [0.3, 0.4) is 0 Å². The van der Waals surface area contributed by atoms with Crippen LogP contribution in [-0.4, -0.2) is 15.2 Å². The van der Waals surface area contributed by atoms with Crippen LogP contribution >= 0.6 is 23.2 Å². The van der Waals surface area contributed by atoms with Gasteiger partial charge in [-0.2, -0.15) is 5.10 Å². The fourth-order valence-electron chi connectivity index (χ4n) is 1.34. The van der Waals surface area contributed by atoms with E-state index in [2.05, 4.69) is 15.2 Å². The Bertz CT molecular complexity index is 522. The van der Waals surface area contributed by atoms with Crippen LogP contribution in [0.15, 0.2) is 12.1 Å². The molecule has 4 nitrogen and oxygen atoms in total. The molecule has 0 aliphatic rings. The minimum Gasteiger partial charge on any atom is -0.397 e. The van der Waals surface area contributed by atoms with Gasteiger partial charge in [0.05, 0.1) is 10.7 Å². The monoisotopic (exact) mass is 256 g/mol. The standard InChI is InChI=1S/C10H10Cl2N4/c1-2-8-14-10(16-15-8)6-3-5(11)4-7(12)9(6)13/h3-4H,2,13H2,1H3,(H,14,15,16). The summed E-state index contributed by atoms with van der Waals surface area (Å²) in [4.78, 5) is 4.28. The maximum atomic E-state index is 5.93. The number of nitrogens with two attached hydrogens (primary N) is 1. The Labute approximate surface area is 103 Å². The number of hydrogen-bond acceptors (Lipinski definition) is 3. The van der Waals surface area contributed by atoms with Crippen molar-refractivity contribution < 1.29 is 0 Å². The molecule has 0 saturated carbocycles. The molecule has 0 aliphatic carbocycles. The summed E-state index contributed by atoms with van der Waals surface area (Å²) in [6.07, 6.45) is 0.779. The molecule has 6 heteroatoms. The van der Waals surface area contributed by atoms with E-state index in [1.165, 1.54) is 0 Å². The molecule has 1 heterocycles. The number of rotatable bonds is 2. The predicted octanol–water partition coefficient (Wildman–Crippen LogP) is 2.92. The van der Waals surface area contributed by atoms with Gasteiger partial charge >= 0.3 is 0 Å². The van der Waals surface area contributed by atoms with Crippen LogP contribution in [0, 0.1) is 0 Å². The number of nitrogens with one attached hydrogen (secondary N) is 1. The van der Waals surface area contributed by atoms with E-state index >= 15 is 0 Å². The van der Waals surface area contributed by atoms with Crippen molar-refractivity contribution in [3.05, 3.63) is 28.0 Å². The third kappa shape index (κ3) is 1.99. The molecule has 2 rings (SSSR count). The number of aromatic amines is 1. The molecule has 0 bridgehead atoms. The number of nitrogen functional groups attached to an aromatic ring is 1. The van der Waals surface area contributed by atoms with Gasteiger partial charge in [0, 0.05) is 17.0 Å². The Morgan fingerprint density at radius 1 is 1.38 bits per heavy atom. The zero-order valence-electron chi connectivity index (χ0n) is 8.59. The Morgan fingerprint density at radius 3 is 2.75 bits per heavy atom. The van der Waals surface area contributed by atoms with Crippen molar-refractivity contribution >= 4 is 28.9 Å². The van der Waals surface area contributed by atoms with Crippen molar-refractivity contribution in [1.82, 2.24) is 15.2 Å². The molecule has 0 unspecified atom stereocenters. The molecular weight excluding hydrogens is 247 g/mol.